The first kappa shape index (κ1) is 27.1. The number of hydrogen-bond donors (Lipinski definition) is 3. The zero-order valence-corrected chi connectivity index (χ0v) is 18.7. The molecule has 0 radical (unpaired) electrons. The summed E-state index contributed by atoms with van der Waals surface area (Å²) in [7, 11) is 0. The molecule has 0 unspecified atom stereocenters. The highest BCUT2D eigenvalue weighted by atomic mass is 35.5. The minimum atomic E-state index is -3.96. The van der Waals surface area contributed by atoms with Crippen molar-refractivity contribution in [2.24, 2.45) is 0 Å². The number of benzene rings is 2. The number of alkyl halides is 3. The third-order valence-corrected chi connectivity index (χ3v) is 4.73. The number of anilines is 1. The molecule has 0 spiro atoms. The number of carbonyl (C=O) groups excluding carboxylic acids is 1. The van der Waals surface area contributed by atoms with Crippen LogP contribution in [0.4, 0.5) is 27.6 Å². The van der Waals surface area contributed by atoms with Crippen LogP contribution in [-0.4, -0.2) is 27.3 Å². The van der Waals surface area contributed by atoms with Gasteiger partial charge in [0, 0.05) is 6.42 Å². The Morgan fingerprint density at radius 1 is 1.18 bits per heavy atom. The van der Waals surface area contributed by atoms with Crippen LogP contribution in [0.3, 0.4) is 0 Å². The SMILES string of the molecule is CCC(F)(F)F.CCc1nc(-c2cc(O)c(C(=O)Nc3c(F)cccc3Cl)cc2F)oc1CO. The fraction of sp³-hybridized carbons (Fsp3) is 0.273. The number of aliphatic hydroxyl groups is 1. The largest absolute Gasteiger partial charge is 0.507 e. The second kappa shape index (κ2) is 11.3. The van der Waals surface area contributed by atoms with E-state index in [1.54, 1.807) is 6.92 Å². The maximum Gasteiger partial charge on any atom is 0.388 e. The number of amides is 1. The lowest BCUT2D eigenvalue weighted by atomic mass is 10.1. The van der Waals surface area contributed by atoms with Crippen molar-refractivity contribution in [1.82, 2.24) is 4.98 Å². The first-order chi connectivity index (χ1) is 15.9. The number of halogens is 6. The molecule has 0 saturated heterocycles. The Balaban J connectivity index is 0.000000604. The summed E-state index contributed by atoms with van der Waals surface area (Å²) in [5.41, 5.74) is -0.448. The van der Waals surface area contributed by atoms with Crippen molar-refractivity contribution in [3.63, 3.8) is 0 Å². The number of aliphatic hydroxyl groups excluding tert-OH is 1. The average Bonchev–Trinajstić information content (AvgIpc) is 3.20. The molecule has 0 atom stereocenters. The van der Waals surface area contributed by atoms with E-state index in [9.17, 15) is 37.0 Å². The topological polar surface area (TPSA) is 95.6 Å². The van der Waals surface area contributed by atoms with Gasteiger partial charge in [0.15, 0.2) is 5.76 Å². The van der Waals surface area contributed by atoms with Gasteiger partial charge in [-0.25, -0.2) is 13.8 Å². The summed E-state index contributed by atoms with van der Waals surface area (Å²) in [5.74, 6) is -3.14. The van der Waals surface area contributed by atoms with Crippen molar-refractivity contribution in [2.45, 2.75) is 39.5 Å². The number of aromatic hydroxyl groups is 1. The van der Waals surface area contributed by atoms with Crippen LogP contribution in [0.25, 0.3) is 11.5 Å². The minimum absolute atomic E-state index is 0.0478. The van der Waals surface area contributed by atoms with Crippen molar-refractivity contribution < 1.29 is 41.4 Å². The fourth-order valence-corrected chi connectivity index (χ4v) is 2.81. The number of para-hydroxylation sites is 1. The zero-order chi connectivity index (χ0) is 25.6. The van der Waals surface area contributed by atoms with Crippen molar-refractivity contribution in [3.05, 3.63) is 64.0 Å². The van der Waals surface area contributed by atoms with Gasteiger partial charge in [-0.2, -0.15) is 13.2 Å². The molecule has 3 rings (SSSR count). The number of hydrogen-bond acceptors (Lipinski definition) is 5. The number of oxazole rings is 1. The van der Waals surface area contributed by atoms with E-state index in [2.05, 4.69) is 10.3 Å². The standard InChI is InChI=1S/C19H15ClF2N2O4.C3H5F3/c1-2-14-16(8-25)28-19(23-14)9-7-15(26)10(6-13(9)22)18(27)24-17-11(20)4-3-5-12(17)21;1-2-3(4,5)6/h3-7,25-26H,2,8H2,1H3,(H,24,27);2H2,1H3. The molecule has 0 aliphatic heterocycles. The van der Waals surface area contributed by atoms with Gasteiger partial charge in [0.1, 0.15) is 24.0 Å². The number of rotatable bonds is 5. The van der Waals surface area contributed by atoms with Gasteiger partial charge >= 0.3 is 6.18 Å². The van der Waals surface area contributed by atoms with Crippen molar-refractivity contribution >= 4 is 23.2 Å². The van der Waals surface area contributed by atoms with E-state index >= 15 is 0 Å². The molecule has 1 amide bonds. The van der Waals surface area contributed by atoms with Crippen LogP contribution in [0, 0.1) is 11.6 Å². The van der Waals surface area contributed by atoms with Crippen LogP contribution >= 0.6 is 11.6 Å². The highest BCUT2D eigenvalue weighted by Crippen LogP contribution is 2.32. The Morgan fingerprint density at radius 2 is 1.82 bits per heavy atom. The van der Waals surface area contributed by atoms with Gasteiger partial charge < -0.3 is 19.9 Å². The summed E-state index contributed by atoms with van der Waals surface area (Å²) in [6.45, 7) is 2.46. The lowest BCUT2D eigenvalue weighted by molar-refractivity contribution is -0.130. The molecule has 6 nitrogen and oxygen atoms in total. The third kappa shape index (κ3) is 6.67. The van der Waals surface area contributed by atoms with E-state index in [1.807, 2.05) is 0 Å². The third-order valence-electron chi connectivity index (χ3n) is 4.42. The fourth-order valence-electron chi connectivity index (χ4n) is 2.60. The van der Waals surface area contributed by atoms with Crippen LogP contribution in [0.15, 0.2) is 34.7 Å². The summed E-state index contributed by atoms with van der Waals surface area (Å²) >= 11 is 5.85. The van der Waals surface area contributed by atoms with E-state index in [-0.39, 0.29) is 27.9 Å². The van der Waals surface area contributed by atoms with E-state index in [1.165, 1.54) is 12.1 Å². The molecule has 0 fully saturated rings. The van der Waals surface area contributed by atoms with Gasteiger partial charge in [-0.15, -0.1) is 0 Å². The molecule has 0 aliphatic rings. The molecule has 3 N–H and O–H groups in total. The average molecular weight is 507 g/mol. The highest BCUT2D eigenvalue weighted by Gasteiger charge is 2.23. The van der Waals surface area contributed by atoms with Gasteiger partial charge in [0.2, 0.25) is 5.89 Å². The molecule has 184 valence electrons. The summed E-state index contributed by atoms with van der Waals surface area (Å²) in [4.78, 5) is 16.4. The lowest BCUT2D eigenvalue weighted by Gasteiger charge is -2.10. The monoisotopic (exact) mass is 506 g/mol. The molecule has 3 aromatic rings. The molecule has 0 bridgehead atoms. The highest BCUT2D eigenvalue weighted by molar-refractivity contribution is 6.34. The second-order valence-electron chi connectivity index (χ2n) is 6.77. The van der Waals surface area contributed by atoms with Crippen molar-refractivity contribution in [1.29, 1.82) is 0 Å². The quantitative estimate of drug-likeness (QED) is 0.356. The number of phenolic OH excluding ortho intramolecular Hbond substituents is 1. The Bertz CT molecular complexity index is 1120. The van der Waals surface area contributed by atoms with E-state index in [4.69, 9.17) is 16.0 Å². The number of nitrogens with zero attached hydrogens (tertiary/aromatic N) is 1. The summed E-state index contributed by atoms with van der Waals surface area (Å²) in [6, 6.07) is 5.58. The normalized spacial score (nSPS) is 11.1. The Kier molecular flexibility index (Phi) is 9.00. The first-order valence-electron chi connectivity index (χ1n) is 9.86. The van der Waals surface area contributed by atoms with Crippen LogP contribution < -0.4 is 5.32 Å². The summed E-state index contributed by atoms with van der Waals surface area (Å²) < 4.78 is 66.1. The molecule has 34 heavy (non-hydrogen) atoms. The van der Waals surface area contributed by atoms with Crippen LogP contribution in [0.1, 0.15) is 42.1 Å². The molecule has 2 aromatic carbocycles. The number of aryl methyl sites for hydroxylation is 1. The summed E-state index contributed by atoms with van der Waals surface area (Å²) in [5, 5.41) is 21.6. The number of nitrogens with one attached hydrogen (secondary N) is 1. The van der Waals surface area contributed by atoms with Gasteiger partial charge in [-0.1, -0.05) is 31.5 Å². The predicted molar refractivity (Wildman–Crippen MR) is 115 cm³/mol. The number of carbonyl (C=O) groups is 1. The Labute approximate surface area is 196 Å². The van der Waals surface area contributed by atoms with Gasteiger partial charge in [-0.3, -0.25) is 4.79 Å². The molecule has 1 heterocycles. The van der Waals surface area contributed by atoms with E-state index in [0.29, 0.717) is 12.1 Å². The van der Waals surface area contributed by atoms with Gasteiger partial charge in [-0.05, 0) is 30.7 Å². The Hall–Kier alpha value is -3.18. The minimum Gasteiger partial charge on any atom is -0.507 e. The zero-order valence-electron chi connectivity index (χ0n) is 17.9. The maximum atomic E-state index is 14.6. The van der Waals surface area contributed by atoms with Crippen LogP contribution in [0.5, 0.6) is 5.75 Å². The molecular formula is C22H20ClF5N2O4. The first-order valence-corrected chi connectivity index (χ1v) is 10.2. The second-order valence-corrected chi connectivity index (χ2v) is 7.18. The van der Waals surface area contributed by atoms with Crippen LogP contribution in [0.2, 0.25) is 5.02 Å². The lowest BCUT2D eigenvalue weighted by Crippen LogP contribution is -2.14. The number of aromatic nitrogens is 1. The molecule has 0 saturated carbocycles. The molecule has 1 aromatic heterocycles. The van der Waals surface area contributed by atoms with E-state index in [0.717, 1.165) is 25.1 Å². The molecule has 0 aliphatic carbocycles. The van der Waals surface area contributed by atoms with E-state index < -0.39 is 48.1 Å². The van der Waals surface area contributed by atoms with Crippen molar-refractivity contribution in [2.75, 3.05) is 5.32 Å². The summed E-state index contributed by atoms with van der Waals surface area (Å²) in [6.07, 6.45) is -4.23. The predicted octanol–water partition coefficient (Wildman–Crippen LogP) is 6.24. The Morgan fingerprint density at radius 3 is 2.32 bits per heavy atom. The molecular weight excluding hydrogens is 487 g/mol. The maximum absolute atomic E-state index is 14.6. The molecule has 12 heteroatoms. The van der Waals surface area contributed by atoms with Crippen molar-refractivity contribution in [3.8, 4) is 17.2 Å². The van der Waals surface area contributed by atoms with Gasteiger partial charge in [0.25, 0.3) is 5.91 Å². The van der Waals surface area contributed by atoms with Gasteiger partial charge in [0.05, 0.1) is 27.5 Å². The number of phenols is 1. The van der Waals surface area contributed by atoms with Crippen LogP contribution in [-0.2, 0) is 13.0 Å². The smallest absolute Gasteiger partial charge is 0.388 e.